The molecule has 0 aliphatic heterocycles. The highest BCUT2D eigenvalue weighted by molar-refractivity contribution is 9.10. The number of aliphatic hydroxyl groups is 1. The minimum absolute atomic E-state index is 0.329. The molecule has 1 aromatic carbocycles. The van der Waals surface area contributed by atoms with Crippen LogP contribution in [0.5, 0.6) is 0 Å². The zero-order valence-electron chi connectivity index (χ0n) is 11.8. The Morgan fingerprint density at radius 1 is 1.40 bits per heavy atom. The van der Waals surface area contributed by atoms with Gasteiger partial charge in [0.2, 0.25) is 0 Å². The molecule has 0 radical (unpaired) electrons. The van der Waals surface area contributed by atoms with E-state index in [1.54, 1.807) is 12.1 Å². The van der Waals surface area contributed by atoms with Crippen molar-refractivity contribution in [2.75, 3.05) is 0 Å². The van der Waals surface area contributed by atoms with Gasteiger partial charge in [0.05, 0.1) is 22.0 Å². The summed E-state index contributed by atoms with van der Waals surface area (Å²) in [5.74, 6) is -0.376. The van der Waals surface area contributed by atoms with Crippen molar-refractivity contribution in [3.8, 4) is 0 Å². The van der Waals surface area contributed by atoms with E-state index in [9.17, 15) is 9.50 Å². The van der Waals surface area contributed by atoms with E-state index in [-0.39, 0.29) is 5.82 Å². The quantitative estimate of drug-likeness (QED) is 0.921. The fraction of sp³-hybridized carbons (Fsp3) is 0.400. The van der Waals surface area contributed by atoms with Gasteiger partial charge in [0.25, 0.3) is 0 Å². The Kier molecular flexibility index (Phi) is 4.60. The van der Waals surface area contributed by atoms with Gasteiger partial charge in [0.15, 0.2) is 0 Å². The number of rotatable bonds is 4. The molecule has 0 bridgehead atoms. The molecule has 0 aliphatic carbocycles. The molecular formula is C15H18BrFN2O. The van der Waals surface area contributed by atoms with Gasteiger partial charge in [-0.25, -0.2) is 4.39 Å². The van der Waals surface area contributed by atoms with E-state index in [1.165, 1.54) is 6.07 Å². The second-order valence-electron chi connectivity index (χ2n) is 4.91. The van der Waals surface area contributed by atoms with Gasteiger partial charge in [-0.05, 0) is 42.8 Å². The Hall–Kier alpha value is -1.20. The topological polar surface area (TPSA) is 38.0 Å². The van der Waals surface area contributed by atoms with Crippen LogP contribution >= 0.6 is 15.9 Å². The van der Waals surface area contributed by atoms with Gasteiger partial charge in [-0.1, -0.05) is 17.7 Å². The molecule has 0 saturated heterocycles. The molecule has 1 atom stereocenters. The fourth-order valence-electron chi connectivity index (χ4n) is 2.28. The first-order valence-corrected chi connectivity index (χ1v) is 7.39. The lowest BCUT2D eigenvalue weighted by Gasteiger charge is -2.14. The number of benzene rings is 1. The third-order valence-corrected chi connectivity index (χ3v) is 4.38. The molecule has 3 nitrogen and oxygen atoms in total. The Labute approximate surface area is 126 Å². The first-order chi connectivity index (χ1) is 9.43. The number of halogens is 2. The number of aliphatic hydroxyl groups excluding tert-OH is 1. The Morgan fingerprint density at radius 2 is 2.10 bits per heavy atom. The molecular weight excluding hydrogens is 323 g/mol. The maximum absolute atomic E-state index is 13.8. The molecule has 1 aromatic heterocycles. The largest absolute Gasteiger partial charge is 0.388 e. The van der Waals surface area contributed by atoms with Crippen molar-refractivity contribution in [1.29, 1.82) is 0 Å². The van der Waals surface area contributed by atoms with E-state index in [4.69, 9.17) is 0 Å². The van der Waals surface area contributed by atoms with E-state index >= 15 is 0 Å². The van der Waals surface area contributed by atoms with Crippen LogP contribution < -0.4 is 0 Å². The molecule has 2 rings (SSSR count). The normalized spacial score (nSPS) is 12.7. The van der Waals surface area contributed by atoms with Crippen molar-refractivity contribution in [3.05, 3.63) is 51.0 Å². The number of nitrogens with zero attached hydrogens (tertiary/aromatic N) is 2. The molecule has 0 fully saturated rings. The summed E-state index contributed by atoms with van der Waals surface area (Å²) in [6.45, 7) is 6.48. The Balaban J connectivity index is 2.32. The maximum atomic E-state index is 13.8. The Morgan fingerprint density at radius 3 is 2.75 bits per heavy atom. The van der Waals surface area contributed by atoms with Crippen LogP contribution in [0.4, 0.5) is 4.39 Å². The first kappa shape index (κ1) is 15.2. The van der Waals surface area contributed by atoms with Gasteiger partial charge in [-0.15, -0.1) is 0 Å². The van der Waals surface area contributed by atoms with E-state index in [1.807, 2.05) is 25.5 Å². The van der Waals surface area contributed by atoms with Crippen LogP contribution in [-0.2, 0) is 13.0 Å². The van der Waals surface area contributed by atoms with Crippen LogP contribution in [0.3, 0.4) is 0 Å². The lowest BCUT2D eigenvalue weighted by Crippen LogP contribution is -2.10. The van der Waals surface area contributed by atoms with Crippen LogP contribution in [0.1, 0.15) is 35.5 Å². The molecule has 20 heavy (non-hydrogen) atoms. The lowest BCUT2D eigenvalue weighted by atomic mass is 10.0. The van der Waals surface area contributed by atoms with Gasteiger partial charge < -0.3 is 5.11 Å². The number of hydrogen-bond donors (Lipinski definition) is 1. The van der Waals surface area contributed by atoms with Crippen molar-refractivity contribution in [2.45, 2.75) is 39.8 Å². The molecule has 0 saturated carbocycles. The van der Waals surface area contributed by atoms with Gasteiger partial charge in [0.1, 0.15) is 5.82 Å². The van der Waals surface area contributed by atoms with Crippen molar-refractivity contribution in [1.82, 2.24) is 9.78 Å². The zero-order valence-corrected chi connectivity index (χ0v) is 13.4. The van der Waals surface area contributed by atoms with Crippen LogP contribution in [0.2, 0.25) is 0 Å². The molecule has 5 heteroatoms. The third kappa shape index (κ3) is 2.94. The van der Waals surface area contributed by atoms with E-state index < -0.39 is 6.10 Å². The van der Waals surface area contributed by atoms with E-state index in [0.29, 0.717) is 18.5 Å². The third-order valence-electron chi connectivity index (χ3n) is 3.35. The molecule has 0 spiro atoms. The predicted octanol–water partition coefficient (Wildman–Crippen LogP) is 3.70. The molecule has 1 unspecified atom stereocenters. The van der Waals surface area contributed by atoms with Gasteiger partial charge >= 0.3 is 0 Å². The fourth-order valence-corrected chi connectivity index (χ4v) is 2.72. The summed E-state index contributed by atoms with van der Waals surface area (Å²) in [4.78, 5) is 0. The number of aromatic nitrogens is 2. The molecule has 0 amide bonds. The van der Waals surface area contributed by atoms with Crippen molar-refractivity contribution < 1.29 is 9.50 Å². The molecule has 1 N–H and O–H groups in total. The van der Waals surface area contributed by atoms with Gasteiger partial charge in [0, 0.05) is 18.5 Å². The van der Waals surface area contributed by atoms with Crippen LogP contribution in [0.25, 0.3) is 0 Å². The summed E-state index contributed by atoms with van der Waals surface area (Å²) in [6.07, 6.45) is -0.553. The predicted molar refractivity (Wildman–Crippen MR) is 80.1 cm³/mol. The summed E-state index contributed by atoms with van der Waals surface area (Å²) in [5.41, 5.74) is 3.02. The average molecular weight is 341 g/mol. The summed E-state index contributed by atoms with van der Waals surface area (Å²) < 4.78 is 16.5. The molecule has 2 aromatic rings. The highest BCUT2D eigenvalue weighted by Gasteiger charge is 2.19. The SMILES string of the molecule is CCn1nc(C)c(Br)c1CC(O)c1cc(C)ccc1F. The molecule has 108 valence electrons. The highest BCUT2D eigenvalue weighted by Crippen LogP contribution is 2.28. The standard InChI is InChI=1S/C15H18BrFN2O/c1-4-19-13(15(16)10(3)18-19)8-14(20)11-7-9(2)5-6-12(11)17/h5-7,14,20H,4,8H2,1-3H3. The van der Waals surface area contributed by atoms with Crippen molar-refractivity contribution in [3.63, 3.8) is 0 Å². The summed E-state index contributed by atoms with van der Waals surface area (Å²) in [6, 6.07) is 4.78. The maximum Gasteiger partial charge on any atom is 0.129 e. The summed E-state index contributed by atoms with van der Waals surface area (Å²) in [5, 5.41) is 14.7. The molecule has 1 heterocycles. The number of aryl methyl sites for hydroxylation is 3. The highest BCUT2D eigenvalue weighted by atomic mass is 79.9. The average Bonchev–Trinajstić information content (AvgIpc) is 2.69. The minimum Gasteiger partial charge on any atom is -0.388 e. The van der Waals surface area contributed by atoms with Crippen molar-refractivity contribution >= 4 is 15.9 Å². The second-order valence-corrected chi connectivity index (χ2v) is 5.70. The van der Waals surface area contributed by atoms with Crippen LogP contribution in [-0.4, -0.2) is 14.9 Å². The smallest absolute Gasteiger partial charge is 0.129 e. The summed E-state index contributed by atoms with van der Waals surface area (Å²) in [7, 11) is 0. The minimum atomic E-state index is -0.882. The zero-order chi connectivity index (χ0) is 14.9. The van der Waals surface area contributed by atoms with Gasteiger partial charge in [-0.3, -0.25) is 4.68 Å². The van der Waals surface area contributed by atoms with Crippen LogP contribution in [0.15, 0.2) is 22.7 Å². The summed E-state index contributed by atoms with van der Waals surface area (Å²) >= 11 is 3.49. The second kappa shape index (κ2) is 6.06. The molecule has 0 aliphatic rings. The van der Waals surface area contributed by atoms with E-state index in [0.717, 1.165) is 21.4 Å². The van der Waals surface area contributed by atoms with Crippen molar-refractivity contribution in [2.24, 2.45) is 0 Å². The Bertz CT molecular complexity index is 625. The van der Waals surface area contributed by atoms with E-state index in [2.05, 4.69) is 21.0 Å². The first-order valence-electron chi connectivity index (χ1n) is 6.60. The number of hydrogen-bond acceptors (Lipinski definition) is 2. The van der Waals surface area contributed by atoms with Crippen LogP contribution in [0, 0.1) is 19.7 Å². The lowest BCUT2D eigenvalue weighted by molar-refractivity contribution is 0.170. The van der Waals surface area contributed by atoms with Gasteiger partial charge in [-0.2, -0.15) is 5.10 Å². The monoisotopic (exact) mass is 340 g/mol.